The van der Waals surface area contributed by atoms with Crippen LogP contribution < -0.4 is 19.6 Å². The van der Waals surface area contributed by atoms with Crippen molar-refractivity contribution in [2.24, 2.45) is 4.99 Å². The number of aromatic nitrogens is 1. The molecule has 4 aromatic rings. The zero-order valence-electron chi connectivity index (χ0n) is 19.9. The summed E-state index contributed by atoms with van der Waals surface area (Å²) >= 11 is 1.31. The number of rotatable bonds is 6. The van der Waals surface area contributed by atoms with Crippen LogP contribution in [0.15, 0.2) is 106 Å². The first-order valence-corrected chi connectivity index (χ1v) is 12.4. The number of esters is 1. The van der Waals surface area contributed by atoms with Gasteiger partial charge in [0.15, 0.2) is 4.80 Å². The number of carbonyl (C=O) groups is 1. The molecule has 0 amide bonds. The summed E-state index contributed by atoms with van der Waals surface area (Å²) in [5, 5.41) is 0. The molecular formula is C29H24N2O4S. The summed E-state index contributed by atoms with van der Waals surface area (Å²) in [5.74, 6) is 0.926. The maximum absolute atomic E-state index is 13.7. The van der Waals surface area contributed by atoms with Crippen LogP contribution in [-0.2, 0) is 9.53 Å². The van der Waals surface area contributed by atoms with E-state index in [1.165, 1.54) is 18.4 Å². The quantitative estimate of drug-likeness (QED) is 0.366. The molecule has 0 N–H and O–H groups in total. The van der Waals surface area contributed by atoms with E-state index in [1.807, 2.05) is 97.9 Å². The van der Waals surface area contributed by atoms with E-state index in [2.05, 4.69) is 0 Å². The Labute approximate surface area is 212 Å². The van der Waals surface area contributed by atoms with Crippen molar-refractivity contribution in [2.45, 2.75) is 19.4 Å². The van der Waals surface area contributed by atoms with E-state index in [9.17, 15) is 9.59 Å². The third-order valence-electron chi connectivity index (χ3n) is 5.90. The smallest absolute Gasteiger partial charge is 0.338 e. The highest BCUT2D eigenvalue weighted by atomic mass is 32.1. The van der Waals surface area contributed by atoms with Gasteiger partial charge < -0.3 is 9.47 Å². The summed E-state index contributed by atoms with van der Waals surface area (Å²) in [7, 11) is 1.35. The number of benzene rings is 3. The van der Waals surface area contributed by atoms with Crippen molar-refractivity contribution < 1.29 is 14.3 Å². The fourth-order valence-corrected chi connectivity index (χ4v) is 5.28. The van der Waals surface area contributed by atoms with Gasteiger partial charge in [0.25, 0.3) is 5.56 Å². The van der Waals surface area contributed by atoms with Crippen molar-refractivity contribution in [3.63, 3.8) is 0 Å². The Kier molecular flexibility index (Phi) is 6.64. The van der Waals surface area contributed by atoms with Gasteiger partial charge in [-0.25, -0.2) is 9.79 Å². The van der Waals surface area contributed by atoms with Crippen molar-refractivity contribution in [3.05, 3.63) is 127 Å². The van der Waals surface area contributed by atoms with E-state index in [4.69, 9.17) is 14.5 Å². The molecule has 0 aliphatic carbocycles. The number of ether oxygens (including phenoxy) is 2. The van der Waals surface area contributed by atoms with Crippen LogP contribution in [0.4, 0.5) is 0 Å². The first-order valence-electron chi connectivity index (χ1n) is 11.6. The van der Waals surface area contributed by atoms with Gasteiger partial charge in [0.05, 0.1) is 29.0 Å². The second-order valence-electron chi connectivity index (χ2n) is 8.19. The summed E-state index contributed by atoms with van der Waals surface area (Å²) in [4.78, 5) is 31.8. The molecule has 0 spiro atoms. The van der Waals surface area contributed by atoms with Crippen LogP contribution in [0.2, 0.25) is 0 Å². The van der Waals surface area contributed by atoms with Crippen molar-refractivity contribution in [3.8, 4) is 11.5 Å². The molecular weight excluding hydrogens is 472 g/mol. The Hall–Kier alpha value is -4.23. The lowest BCUT2D eigenvalue weighted by Gasteiger charge is -2.25. The minimum atomic E-state index is -0.611. The van der Waals surface area contributed by atoms with Crippen LogP contribution in [0.1, 0.15) is 30.5 Å². The van der Waals surface area contributed by atoms with Crippen LogP contribution in [0.5, 0.6) is 11.5 Å². The first-order chi connectivity index (χ1) is 17.6. The zero-order chi connectivity index (χ0) is 25.1. The predicted molar refractivity (Wildman–Crippen MR) is 140 cm³/mol. The second kappa shape index (κ2) is 10.2. The van der Waals surface area contributed by atoms with Crippen LogP contribution >= 0.6 is 11.3 Å². The molecule has 1 atom stereocenters. The average molecular weight is 497 g/mol. The van der Waals surface area contributed by atoms with Gasteiger partial charge >= 0.3 is 5.97 Å². The van der Waals surface area contributed by atoms with E-state index >= 15 is 0 Å². The van der Waals surface area contributed by atoms with Crippen molar-refractivity contribution in [1.82, 2.24) is 4.57 Å². The van der Waals surface area contributed by atoms with E-state index in [0.717, 1.165) is 16.9 Å². The SMILES string of the molecule is CCC1=C(C(=O)OC)[C@@H](c2ccccc2)n2c(s/c(=C\c3cccc(Oc4ccccc4)c3)c2=O)=N1. The molecule has 0 saturated carbocycles. The predicted octanol–water partition coefficient (Wildman–Crippen LogP) is 4.59. The lowest BCUT2D eigenvalue weighted by molar-refractivity contribution is -0.136. The van der Waals surface area contributed by atoms with Crippen LogP contribution in [0, 0.1) is 0 Å². The number of carbonyl (C=O) groups excluding carboxylic acids is 1. The highest BCUT2D eigenvalue weighted by Gasteiger charge is 2.33. The summed E-state index contributed by atoms with van der Waals surface area (Å²) in [5.41, 5.74) is 2.46. The van der Waals surface area contributed by atoms with E-state index < -0.39 is 12.0 Å². The summed E-state index contributed by atoms with van der Waals surface area (Å²) in [6, 6.07) is 26.0. The van der Waals surface area contributed by atoms with Gasteiger partial charge in [0.2, 0.25) is 0 Å². The molecule has 36 heavy (non-hydrogen) atoms. The maximum Gasteiger partial charge on any atom is 0.338 e. The van der Waals surface area contributed by atoms with E-state index in [-0.39, 0.29) is 5.56 Å². The lowest BCUT2D eigenvalue weighted by atomic mass is 9.95. The number of hydrogen-bond donors (Lipinski definition) is 0. The molecule has 0 radical (unpaired) electrons. The Morgan fingerprint density at radius 3 is 2.39 bits per heavy atom. The minimum Gasteiger partial charge on any atom is -0.466 e. The third kappa shape index (κ3) is 4.53. The Balaban J connectivity index is 1.63. The number of thiazole rings is 1. The molecule has 2 heterocycles. The summed E-state index contributed by atoms with van der Waals surface area (Å²) in [6.07, 6.45) is 2.37. The van der Waals surface area contributed by atoms with Crippen molar-refractivity contribution >= 4 is 23.4 Å². The third-order valence-corrected chi connectivity index (χ3v) is 6.88. The van der Waals surface area contributed by atoms with E-state index in [1.54, 1.807) is 4.57 Å². The van der Waals surface area contributed by atoms with Gasteiger partial charge in [-0.1, -0.05) is 78.9 Å². The molecule has 0 unspecified atom stereocenters. The molecule has 7 heteroatoms. The Morgan fingerprint density at radius 2 is 1.69 bits per heavy atom. The summed E-state index contributed by atoms with van der Waals surface area (Å²) < 4.78 is 13.2. The first kappa shape index (κ1) is 23.5. The van der Waals surface area contributed by atoms with Gasteiger partial charge in [0.1, 0.15) is 11.5 Å². The second-order valence-corrected chi connectivity index (χ2v) is 9.20. The van der Waals surface area contributed by atoms with Crippen molar-refractivity contribution in [1.29, 1.82) is 0 Å². The lowest BCUT2D eigenvalue weighted by Crippen LogP contribution is -2.40. The normalized spacial score (nSPS) is 15.3. The molecule has 0 saturated heterocycles. The fraction of sp³-hybridized carbons (Fsp3) is 0.138. The highest BCUT2D eigenvalue weighted by molar-refractivity contribution is 7.07. The van der Waals surface area contributed by atoms with Crippen LogP contribution in [0.3, 0.4) is 0 Å². The number of nitrogens with zero attached hydrogens (tertiary/aromatic N) is 2. The minimum absolute atomic E-state index is 0.210. The molecule has 0 bridgehead atoms. The van der Waals surface area contributed by atoms with Gasteiger partial charge in [-0.3, -0.25) is 9.36 Å². The largest absolute Gasteiger partial charge is 0.466 e. The van der Waals surface area contributed by atoms with Gasteiger partial charge in [-0.2, -0.15) is 0 Å². The van der Waals surface area contributed by atoms with Gasteiger partial charge in [-0.05, 0) is 47.9 Å². The Morgan fingerprint density at radius 1 is 1.00 bits per heavy atom. The number of methoxy groups -OCH3 is 1. The van der Waals surface area contributed by atoms with Gasteiger partial charge in [-0.15, -0.1) is 0 Å². The average Bonchev–Trinajstić information content (AvgIpc) is 3.22. The van der Waals surface area contributed by atoms with Gasteiger partial charge in [0, 0.05) is 0 Å². The zero-order valence-corrected chi connectivity index (χ0v) is 20.7. The molecule has 1 aliphatic heterocycles. The fourth-order valence-electron chi connectivity index (χ4n) is 4.26. The molecule has 1 aliphatic rings. The molecule has 3 aromatic carbocycles. The van der Waals surface area contributed by atoms with Crippen molar-refractivity contribution in [2.75, 3.05) is 7.11 Å². The number of hydrogen-bond acceptors (Lipinski definition) is 6. The number of allylic oxidation sites excluding steroid dienone is 1. The molecule has 5 rings (SSSR count). The van der Waals surface area contributed by atoms with Crippen LogP contribution in [-0.4, -0.2) is 17.6 Å². The summed E-state index contributed by atoms with van der Waals surface area (Å²) in [6.45, 7) is 1.94. The molecule has 180 valence electrons. The monoisotopic (exact) mass is 496 g/mol. The Bertz CT molecular complexity index is 1620. The van der Waals surface area contributed by atoms with E-state index in [0.29, 0.717) is 32.8 Å². The molecule has 0 fully saturated rings. The maximum atomic E-state index is 13.7. The highest BCUT2D eigenvalue weighted by Crippen LogP contribution is 2.31. The molecule has 6 nitrogen and oxygen atoms in total. The number of fused-ring (bicyclic) bond motifs is 1. The standard InChI is InChI=1S/C29H24N2O4S/c1-3-23-25(28(33)34-2)26(20-12-6-4-7-13-20)31-27(32)24(36-29(31)30-23)18-19-11-10-16-22(17-19)35-21-14-8-5-9-15-21/h4-18,26H,3H2,1-2H3/b24-18-/t26-/m1/s1. The van der Waals surface area contributed by atoms with Crippen LogP contribution in [0.25, 0.3) is 6.08 Å². The number of para-hydroxylation sites is 1. The molecule has 1 aromatic heterocycles. The topological polar surface area (TPSA) is 69.9 Å².